The van der Waals surface area contributed by atoms with Gasteiger partial charge >= 0.3 is 0 Å². The van der Waals surface area contributed by atoms with E-state index < -0.39 is 5.78 Å². The molecule has 6 nitrogen and oxygen atoms in total. The molecule has 0 saturated heterocycles. The number of nitrogens with zero attached hydrogens (tertiary/aromatic N) is 2. The van der Waals surface area contributed by atoms with Crippen molar-refractivity contribution in [3.63, 3.8) is 0 Å². The molecule has 2 heterocycles. The van der Waals surface area contributed by atoms with Crippen molar-refractivity contribution < 1.29 is 18.7 Å². The number of benzene rings is 1. The Kier molecular flexibility index (Phi) is 4.01. The molecule has 0 radical (unpaired) electrons. The molecule has 0 bridgehead atoms. The molecule has 3 aromatic rings. The maximum absolute atomic E-state index is 13.6. The molecule has 0 amide bonds. The van der Waals surface area contributed by atoms with E-state index >= 15 is 0 Å². The molecular weight excluding hydrogens is 301 g/mol. The Morgan fingerprint density at radius 3 is 2.96 bits per heavy atom. The number of ketones is 1. The maximum Gasteiger partial charge on any atom is 0.215 e. The molecule has 0 atom stereocenters. The summed E-state index contributed by atoms with van der Waals surface area (Å²) in [6.45, 7) is 0. The summed E-state index contributed by atoms with van der Waals surface area (Å²) in [5, 5.41) is 15.8. The highest BCUT2D eigenvalue weighted by atomic mass is 19.1. The van der Waals surface area contributed by atoms with Crippen LogP contribution in [0.3, 0.4) is 0 Å². The minimum absolute atomic E-state index is 0.0217. The number of allylic oxidation sites excluding steroid dienone is 1. The van der Waals surface area contributed by atoms with Gasteiger partial charge in [-0.3, -0.25) is 9.89 Å². The number of hydrogen-bond acceptors (Lipinski definition) is 5. The van der Waals surface area contributed by atoms with Crippen LogP contribution in [0, 0.1) is 5.82 Å². The first-order valence-electron chi connectivity index (χ1n) is 6.75. The lowest BCUT2D eigenvalue weighted by Gasteiger charge is -1.99. The van der Waals surface area contributed by atoms with Crippen LogP contribution in [0.4, 0.5) is 4.39 Å². The first-order valence-corrected chi connectivity index (χ1v) is 6.75. The van der Waals surface area contributed by atoms with E-state index in [1.807, 2.05) is 0 Å². The number of furan rings is 1. The number of aromatic amines is 1. The van der Waals surface area contributed by atoms with Crippen molar-refractivity contribution in [1.29, 1.82) is 0 Å². The lowest BCUT2D eigenvalue weighted by molar-refractivity contribution is 0.104. The minimum Gasteiger partial charge on any atom is -0.504 e. The molecule has 23 heavy (non-hydrogen) atoms. The molecule has 1 aromatic carbocycles. The van der Waals surface area contributed by atoms with E-state index in [1.54, 1.807) is 18.2 Å². The summed E-state index contributed by atoms with van der Waals surface area (Å²) in [4.78, 5) is 15.8. The van der Waals surface area contributed by atoms with Gasteiger partial charge in [0.2, 0.25) is 5.82 Å². The smallest absolute Gasteiger partial charge is 0.215 e. The average Bonchev–Trinajstić information content (AvgIpc) is 3.21. The van der Waals surface area contributed by atoms with Crippen LogP contribution in [0.2, 0.25) is 0 Å². The maximum atomic E-state index is 13.6. The molecule has 0 aliphatic carbocycles. The number of nitrogens with one attached hydrogen (secondary N) is 1. The van der Waals surface area contributed by atoms with Gasteiger partial charge in [-0.2, -0.15) is 5.10 Å². The van der Waals surface area contributed by atoms with E-state index in [9.17, 15) is 14.3 Å². The highest BCUT2D eigenvalue weighted by Crippen LogP contribution is 2.17. The van der Waals surface area contributed by atoms with Gasteiger partial charge in [-0.1, -0.05) is 18.2 Å². The van der Waals surface area contributed by atoms with Gasteiger partial charge in [0.15, 0.2) is 11.5 Å². The van der Waals surface area contributed by atoms with E-state index in [0.29, 0.717) is 11.3 Å². The number of carbonyl (C=O) groups excluding carboxylic acids is 1. The second kappa shape index (κ2) is 6.27. The molecule has 0 aliphatic rings. The van der Waals surface area contributed by atoms with Gasteiger partial charge in [0, 0.05) is 12.5 Å². The molecule has 0 spiro atoms. The largest absolute Gasteiger partial charge is 0.504 e. The fourth-order valence-corrected chi connectivity index (χ4v) is 2.04. The van der Waals surface area contributed by atoms with E-state index in [2.05, 4.69) is 15.2 Å². The Bertz CT molecular complexity index is 853. The van der Waals surface area contributed by atoms with Gasteiger partial charge in [0.05, 0.1) is 5.56 Å². The number of rotatable bonds is 5. The Balaban J connectivity index is 1.75. The van der Waals surface area contributed by atoms with E-state index in [-0.39, 0.29) is 29.4 Å². The number of aliphatic hydroxyl groups excluding tert-OH is 1. The van der Waals surface area contributed by atoms with Crippen molar-refractivity contribution in [2.45, 2.75) is 6.42 Å². The molecule has 2 N–H and O–H groups in total. The zero-order valence-corrected chi connectivity index (χ0v) is 11.9. The molecular formula is C16H12FN3O3. The highest BCUT2D eigenvalue weighted by Gasteiger charge is 2.13. The number of carbonyl (C=O) groups is 1. The number of aromatic nitrogens is 3. The number of halogens is 1. The second-order valence-corrected chi connectivity index (χ2v) is 4.79. The van der Waals surface area contributed by atoms with Gasteiger partial charge in [-0.25, -0.2) is 9.37 Å². The molecule has 0 unspecified atom stereocenters. The third-order valence-corrected chi connectivity index (χ3v) is 3.17. The third kappa shape index (κ3) is 3.34. The molecule has 2 aromatic heterocycles. The van der Waals surface area contributed by atoms with Crippen molar-refractivity contribution >= 4 is 11.5 Å². The zero-order valence-electron chi connectivity index (χ0n) is 11.9. The number of aliphatic hydroxyl groups is 1. The summed E-state index contributed by atoms with van der Waals surface area (Å²) in [6.07, 6.45) is 3.78. The fourth-order valence-electron chi connectivity index (χ4n) is 2.04. The lowest BCUT2D eigenvalue weighted by atomic mass is 10.1. The monoisotopic (exact) mass is 313 g/mol. The van der Waals surface area contributed by atoms with Crippen molar-refractivity contribution in [1.82, 2.24) is 15.2 Å². The summed E-state index contributed by atoms with van der Waals surface area (Å²) < 4.78 is 18.9. The van der Waals surface area contributed by atoms with E-state index in [1.165, 1.54) is 24.7 Å². The highest BCUT2D eigenvalue weighted by molar-refractivity contribution is 6.07. The Morgan fingerprint density at radius 1 is 1.39 bits per heavy atom. The molecule has 0 aliphatic heterocycles. The molecule has 0 saturated carbocycles. The predicted octanol–water partition coefficient (Wildman–Crippen LogP) is 2.91. The Hall–Kier alpha value is -3.22. The normalized spacial score (nSPS) is 11.6. The summed E-state index contributed by atoms with van der Waals surface area (Å²) in [5.41, 5.74) is 0.721. The van der Waals surface area contributed by atoms with Crippen molar-refractivity contribution in [2.24, 2.45) is 0 Å². The van der Waals surface area contributed by atoms with Crippen molar-refractivity contribution in [2.75, 3.05) is 0 Å². The molecule has 3 rings (SSSR count). The van der Waals surface area contributed by atoms with Crippen LogP contribution < -0.4 is 0 Å². The molecule has 116 valence electrons. The Morgan fingerprint density at radius 2 is 2.22 bits per heavy atom. The lowest BCUT2D eigenvalue weighted by Crippen LogP contribution is -1.96. The third-order valence-electron chi connectivity index (χ3n) is 3.17. The summed E-state index contributed by atoms with van der Waals surface area (Å²) in [6, 6.07) is 7.85. The van der Waals surface area contributed by atoms with Crippen LogP contribution in [-0.4, -0.2) is 26.1 Å². The summed E-state index contributed by atoms with van der Waals surface area (Å²) in [7, 11) is 0. The van der Waals surface area contributed by atoms with Gasteiger partial charge in [-0.15, -0.1) is 0 Å². The van der Waals surface area contributed by atoms with Crippen LogP contribution in [0.1, 0.15) is 27.5 Å². The van der Waals surface area contributed by atoms with Gasteiger partial charge < -0.3 is 9.52 Å². The van der Waals surface area contributed by atoms with Crippen LogP contribution in [0.5, 0.6) is 0 Å². The first kappa shape index (κ1) is 14.7. The number of H-pyrrole nitrogens is 1. The average molecular weight is 313 g/mol. The number of hydrogen-bond donors (Lipinski definition) is 2. The quantitative estimate of drug-likeness (QED) is 0.429. The predicted molar refractivity (Wildman–Crippen MR) is 79.2 cm³/mol. The SMILES string of the molecule is O=C(C=C(O)c1nc[nH]n1)c1coc(Cc2ccccc2F)c1. The molecule has 7 heteroatoms. The topological polar surface area (TPSA) is 92.0 Å². The van der Waals surface area contributed by atoms with Crippen LogP contribution in [0.15, 0.2) is 53.4 Å². The van der Waals surface area contributed by atoms with Crippen molar-refractivity contribution in [3.05, 3.63) is 77.5 Å². The van der Waals surface area contributed by atoms with E-state index in [0.717, 1.165) is 6.08 Å². The van der Waals surface area contributed by atoms with Crippen LogP contribution >= 0.6 is 0 Å². The first-order chi connectivity index (χ1) is 11.1. The van der Waals surface area contributed by atoms with E-state index in [4.69, 9.17) is 4.42 Å². The summed E-state index contributed by atoms with van der Waals surface area (Å²) >= 11 is 0. The van der Waals surface area contributed by atoms with Crippen molar-refractivity contribution in [3.8, 4) is 0 Å². The Labute approximate surface area is 130 Å². The minimum atomic E-state index is -0.462. The second-order valence-electron chi connectivity index (χ2n) is 4.79. The van der Waals surface area contributed by atoms with Gasteiger partial charge in [0.25, 0.3) is 0 Å². The standard InChI is InChI=1S/C16H12FN3O3/c17-13-4-2-1-3-10(13)5-12-6-11(8-23-12)14(21)7-15(22)16-18-9-19-20-16/h1-4,6-9,22H,5H2,(H,18,19,20). The zero-order chi connectivity index (χ0) is 16.2. The van der Waals surface area contributed by atoms with Gasteiger partial charge in [0.1, 0.15) is 24.2 Å². The fraction of sp³-hybridized carbons (Fsp3) is 0.0625. The van der Waals surface area contributed by atoms with Crippen LogP contribution in [0.25, 0.3) is 5.76 Å². The van der Waals surface area contributed by atoms with Gasteiger partial charge in [-0.05, 0) is 17.7 Å². The van der Waals surface area contributed by atoms with Crippen LogP contribution in [-0.2, 0) is 6.42 Å². The molecule has 0 fully saturated rings. The summed E-state index contributed by atoms with van der Waals surface area (Å²) in [5.74, 6) is -0.680.